The third-order valence-electron chi connectivity index (χ3n) is 3.07. The number of hydrogen-bond donors (Lipinski definition) is 1. The second kappa shape index (κ2) is 6.19. The molecule has 0 spiro atoms. The molecule has 0 amide bonds. The molecule has 0 aliphatic heterocycles. The maximum absolute atomic E-state index is 10.9. The van der Waals surface area contributed by atoms with Gasteiger partial charge in [0.1, 0.15) is 0 Å². The quantitative estimate of drug-likeness (QED) is 0.661. The predicted molar refractivity (Wildman–Crippen MR) is 81.1 cm³/mol. The van der Waals surface area contributed by atoms with E-state index in [-0.39, 0.29) is 16.7 Å². The Morgan fingerprint density at radius 2 is 1.90 bits per heavy atom. The molecule has 0 radical (unpaired) electrons. The average molecular weight is 270 g/mol. The van der Waals surface area contributed by atoms with Crippen LogP contribution in [0.4, 0.5) is 11.4 Å². The number of nitrogens with one attached hydrogen (secondary N) is 1. The molecule has 0 aromatic heterocycles. The Morgan fingerprint density at radius 3 is 2.55 bits per heavy atom. The van der Waals surface area contributed by atoms with Gasteiger partial charge in [0.05, 0.1) is 4.92 Å². The lowest BCUT2D eigenvalue weighted by atomic mass is 10.1. The van der Waals surface area contributed by atoms with Crippen LogP contribution in [-0.4, -0.2) is 11.0 Å². The van der Waals surface area contributed by atoms with Gasteiger partial charge in [-0.1, -0.05) is 30.3 Å². The maximum Gasteiger partial charge on any atom is 0.271 e. The molecule has 0 saturated heterocycles. The van der Waals surface area contributed by atoms with Crippen LogP contribution in [0.15, 0.2) is 48.5 Å². The first-order valence-corrected chi connectivity index (χ1v) is 6.61. The summed E-state index contributed by atoms with van der Waals surface area (Å²) in [5.74, 6) is 0. The SMILES string of the molecule is Cc1cc(NC(C)Cc2ccccc2)cc([N+](=O)[O-])c1. The summed E-state index contributed by atoms with van der Waals surface area (Å²) in [6, 6.07) is 15.5. The van der Waals surface area contributed by atoms with Gasteiger partial charge >= 0.3 is 0 Å². The molecule has 4 heteroatoms. The Bertz CT molecular complexity index is 597. The number of anilines is 1. The zero-order chi connectivity index (χ0) is 14.5. The number of benzene rings is 2. The highest BCUT2D eigenvalue weighted by Crippen LogP contribution is 2.21. The summed E-state index contributed by atoms with van der Waals surface area (Å²) in [6.07, 6.45) is 0.878. The van der Waals surface area contributed by atoms with Crippen LogP contribution >= 0.6 is 0 Å². The van der Waals surface area contributed by atoms with E-state index in [0.717, 1.165) is 17.7 Å². The number of rotatable bonds is 5. The van der Waals surface area contributed by atoms with Crippen molar-refractivity contribution in [2.75, 3.05) is 5.32 Å². The first-order valence-electron chi connectivity index (χ1n) is 6.61. The highest BCUT2D eigenvalue weighted by molar-refractivity contribution is 5.54. The van der Waals surface area contributed by atoms with E-state index < -0.39 is 0 Å². The Kier molecular flexibility index (Phi) is 4.35. The van der Waals surface area contributed by atoms with Crippen LogP contribution in [0.2, 0.25) is 0 Å². The Morgan fingerprint density at radius 1 is 1.20 bits per heavy atom. The average Bonchev–Trinajstić information content (AvgIpc) is 2.38. The number of nitrogens with zero attached hydrogens (tertiary/aromatic N) is 1. The highest BCUT2D eigenvalue weighted by Gasteiger charge is 2.10. The molecule has 20 heavy (non-hydrogen) atoms. The van der Waals surface area contributed by atoms with Gasteiger partial charge < -0.3 is 5.32 Å². The first-order chi connectivity index (χ1) is 9.54. The zero-order valence-corrected chi connectivity index (χ0v) is 11.7. The van der Waals surface area contributed by atoms with Crippen LogP contribution in [0.25, 0.3) is 0 Å². The standard InChI is InChI=1S/C16H18N2O2/c1-12-8-15(11-16(9-12)18(19)20)17-13(2)10-14-6-4-3-5-7-14/h3-9,11,13,17H,10H2,1-2H3. The van der Waals surface area contributed by atoms with E-state index in [2.05, 4.69) is 24.4 Å². The van der Waals surface area contributed by atoms with Crippen molar-refractivity contribution >= 4 is 11.4 Å². The number of hydrogen-bond acceptors (Lipinski definition) is 3. The third kappa shape index (κ3) is 3.82. The van der Waals surface area contributed by atoms with E-state index in [1.807, 2.05) is 31.2 Å². The van der Waals surface area contributed by atoms with Crippen LogP contribution < -0.4 is 5.32 Å². The van der Waals surface area contributed by atoms with Gasteiger partial charge in [0.2, 0.25) is 0 Å². The van der Waals surface area contributed by atoms with Crippen molar-refractivity contribution in [1.29, 1.82) is 0 Å². The van der Waals surface area contributed by atoms with E-state index in [1.54, 1.807) is 12.1 Å². The van der Waals surface area contributed by atoms with Crippen molar-refractivity contribution in [3.8, 4) is 0 Å². The fraction of sp³-hybridized carbons (Fsp3) is 0.250. The first kappa shape index (κ1) is 14.1. The van der Waals surface area contributed by atoms with E-state index in [1.165, 1.54) is 5.56 Å². The molecule has 0 bridgehead atoms. The normalized spacial score (nSPS) is 11.9. The van der Waals surface area contributed by atoms with Crippen molar-refractivity contribution in [2.24, 2.45) is 0 Å². The molecule has 2 rings (SSSR count). The van der Waals surface area contributed by atoms with Crippen molar-refractivity contribution in [2.45, 2.75) is 26.3 Å². The zero-order valence-electron chi connectivity index (χ0n) is 11.7. The molecule has 2 aromatic carbocycles. The van der Waals surface area contributed by atoms with Crippen molar-refractivity contribution in [3.63, 3.8) is 0 Å². The lowest BCUT2D eigenvalue weighted by Crippen LogP contribution is -2.18. The van der Waals surface area contributed by atoms with Gasteiger partial charge in [0.25, 0.3) is 5.69 Å². The minimum atomic E-state index is -0.361. The smallest absolute Gasteiger partial charge is 0.271 e. The molecule has 0 saturated carbocycles. The number of nitro groups is 1. The lowest BCUT2D eigenvalue weighted by Gasteiger charge is -2.15. The molecular formula is C16H18N2O2. The van der Waals surface area contributed by atoms with Crippen LogP contribution in [-0.2, 0) is 6.42 Å². The predicted octanol–water partition coefficient (Wildman–Crippen LogP) is 3.95. The minimum Gasteiger partial charge on any atom is -0.382 e. The summed E-state index contributed by atoms with van der Waals surface area (Å²) in [6.45, 7) is 3.93. The van der Waals surface area contributed by atoms with Gasteiger partial charge in [-0.25, -0.2) is 0 Å². The largest absolute Gasteiger partial charge is 0.382 e. The highest BCUT2D eigenvalue weighted by atomic mass is 16.6. The summed E-state index contributed by atoms with van der Waals surface area (Å²) in [5.41, 5.74) is 3.04. The number of nitro benzene ring substituents is 1. The summed E-state index contributed by atoms with van der Waals surface area (Å²) >= 11 is 0. The van der Waals surface area contributed by atoms with Gasteiger partial charge in [0, 0.05) is 23.9 Å². The van der Waals surface area contributed by atoms with E-state index >= 15 is 0 Å². The number of aryl methyl sites for hydroxylation is 1. The van der Waals surface area contributed by atoms with E-state index in [4.69, 9.17) is 0 Å². The van der Waals surface area contributed by atoms with Gasteiger partial charge in [-0.2, -0.15) is 0 Å². The van der Waals surface area contributed by atoms with Gasteiger partial charge in [0.15, 0.2) is 0 Å². The fourth-order valence-corrected chi connectivity index (χ4v) is 2.25. The molecule has 0 heterocycles. The molecule has 1 unspecified atom stereocenters. The van der Waals surface area contributed by atoms with Crippen LogP contribution in [0, 0.1) is 17.0 Å². The fourth-order valence-electron chi connectivity index (χ4n) is 2.25. The molecular weight excluding hydrogens is 252 g/mol. The van der Waals surface area contributed by atoms with Gasteiger partial charge in [-0.15, -0.1) is 0 Å². The van der Waals surface area contributed by atoms with Crippen molar-refractivity contribution in [3.05, 3.63) is 69.8 Å². The second-order valence-corrected chi connectivity index (χ2v) is 5.05. The summed E-state index contributed by atoms with van der Waals surface area (Å²) in [5, 5.41) is 14.2. The molecule has 2 aromatic rings. The molecule has 0 aliphatic rings. The van der Waals surface area contributed by atoms with E-state index in [9.17, 15) is 10.1 Å². The maximum atomic E-state index is 10.9. The molecule has 0 fully saturated rings. The van der Waals surface area contributed by atoms with E-state index in [0.29, 0.717) is 0 Å². The molecule has 4 nitrogen and oxygen atoms in total. The second-order valence-electron chi connectivity index (χ2n) is 5.05. The molecule has 1 atom stereocenters. The lowest BCUT2D eigenvalue weighted by molar-refractivity contribution is -0.384. The summed E-state index contributed by atoms with van der Waals surface area (Å²) in [4.78, 5) is 10.5. The Balaban J connectivity index is 2.07. The van der Waals surface area contributed by atoms with Gasteiger partial charge in [-0.3, -0.25) is 10.1 Å². The minimum absolute atomic E-state index is 0.124. The molecule has 104 valence electrons. The summed E-state index contributed by atoms with van der Waals surface area (Å²) in [7, 11) is 0. The molecule has 1 N–H and O–H groups in total. The summed E-state index contributed by atoms with van der Waals surface area (Å²) < 4.78 is 0. The van der Waals surface area contributed by atoms with Crippen LogP contribution in [0.3, 0.4) is 0 Å². The Labute approximate surface area is 118 Å². The number of non-ortho nitro benzene ring substituents is 1. The Hall–Kier alpha value is -2.36. The van der Waals surface area contributed by atoms with Gasteiger partial charge in [-0.05, 0) is 37.5 Å². The monoisotopic (exact) mass is 270 g/mol. The van der Waals surface area contributed by atoms with Crippen molar-refractivity contribution in [1.82, 2.24) is 0 Å². The third-order valence-corrected chi connectivity index (χ3v) is 3.07. The van der Waals surface area contributed by atoms with Crippen molar-refractivity contribution < 1.29 is 4.92 Å². The van der Waals surface area contributed by atoms with Crippen LogP contribution in [0.1, 0.15) is 18.1 Å². The van der Waals surface area contributed by atoms with Crippen LogP contribution in [0.5, 0.6) is 0 Å². The molecule has 0 aliphatic carbocycles. The topological polar surface area (TPSA) is 55.2 Å².